The Morgan fingerprint density at radius 2 is 2.24 bits per heavy atom. The zero-order chi connectivity index (χ0) is 12.6. The summed E-state index contributed by atoms with van der Waals surface area (Å²) in [7, 11) is 0. The third kappa shape index (κ3) is 2.26. The van der Waals surface area contributed by atoms with Gasteiger partial charge in [-0.25, -0.2) is 0 Å². The SMILES string of the molecule is O=C1NC[C@H](NC(=O)C(F)(F)F)c2ccsc21. The molecule has 0 saturated heterocycles. The first-order valence-corrected chi connectivity index (χ1v) is 5.51. The topological polar surface area (TPSA) is 58.2 Å². The lowest BCUT2D eigenvalue weighted by molar-refractivity contribution is -0.174. The van der Waals surface area contributed by atoms with E-state index in [0.717, 1.165) is 11.3 Å². The zero-order valence-electron chi connectivity index (χ0n) is 8.30. The summed E-state index contributed by atoms with van der Waals surface area (Å²) in [6.45, 7) is -0.0373. The van der Waals surface area contributed by atoms with Gasteiger partial charge in [0.2, 0.25) is 0 Å². The molecule has 1 aromatic rings. The van der Waals surface area contributed by atoms with Gasteiger partial charge in [-0.2, -0.15) is 13.2 Å². The average molecular weight is 264 g/mol. The molecule has 8 heteroatoms. The number of carbonyl (C=O) groups is 2. The number of thiophene rings is 1. The van der Waals surface area contributed by atoms with Crippen LogP contribution < -0.4 is 10.6 Å². The fourth-order valence-corrected chi connectivity index (χ4v) is 2.41. The maximum Gasteiger partial charge on any atom is 0.471 e. The number of hydrogen-bond acceptors (Lipinski definition) is 3. The summed E-state index contributed by atoms with van der Waals surface area (Å²) >= 11 is 1.13. The van der Waals surface area contributed by atoms with E-state index in [1.54, 1.807) is 11.4 Å². The Bertz CT molecular complexity index is 469. The third-order valence-electron chi connectivity index (χ3n) is 2.31. The number of alkyl halides is 3. The van der Waals surface area contributed by atoms with Crippen molar-refractivity contribution in [1.29, 1.82) is 0 Å². The van der Waals surface area contributed by atoms with Gasteiger partial charge in [-0.05, 0) is 17.0 Å². The van der Waals surface area contributed by atoms with Crippen LogP contribution in [0.4, 0.5) is 13.2 Å². The Balaban J connectivity index is 2.18. The molecule has 0 fully saturated rings. The molecule has 92 valence electrons. The van der Waals surface area contributed by atoms with E-state index in [1.807, 2.05) is 5.32 Å². The quantitative estimate of drug-likeness (QED) is 0.801. The molecule has 1 aliphatic rings. The predicted molar refractivity (Wildman–Crippen MR) is 53.6 cm³/mol. The van der Waals surface area contributed by atoms with Crippen molar-refractivity contribution in [1.82, 2.24) is 10.6 Å². The molecular weight excluding hydrogens is 257 g/mol. The van der Waals surface area contributed by atoms with E-state index >= 15 is 0 Å². The van der Waals surface area contributed by atoms with E-state index < -0.39 is 18.1 Å². The van der Waals surface area contributed by atoms with Gasteiger partial charge >= 0.3 is 12.1 Å². The van der Waals surface area contributed by atoms with Crippen molar-refractivity contribution in [2.24, 2.45) is 0 Å². The lowest BCUT2D eigenvalue weighted by atomic mass is 10.0. The van der Waals surface area contributed by atoms with E-state index in [4.69, 9.17) is 0 Å². The van der Waals surface area contributed by atoms with Gasteiger partial charge in [0, 0.05) is 6.54 Å². The lowest BCUT2D eigenvalue weighted by Crippen LogP contribution is -2.46. The smallest absolute Gasteiger partial charge is 0.349 e. The highest BCUT2D eigenvalue weighted by molar-refractivity contribution is 7.12. The largest absolute Gasteiger partial charge is 0.471 e. The van der Waals surface area contributed by atoms with Crippen LogP contribution in [0.25, 0.3) is 0 Å². The summed E-state index contributed by atoms with van der Waals surface area (Å²) in [4.78, 5) is 22.5. The molecular formula is C9H7F3N2O2S. The van der Waals surface area contributed by atoms with Gasteiger partial charge in [-0.15, -0.1) is 11.3 Å². The van der Waals surface area contributed by atoms with E-state index in [2.05, 4.69) is 5.32 Å². The fraction of sp³-hybridized carbons (Fsp3) is 0.333. The minimum absolute atomic E-state index is 0.0373. The van der Waals surface area contributed by atoms with Crippen LogP contribution in [0.3, 0.4) is 0 Å². The summed E-state index contributed by atoms with van der Waals surface area (Å²) in [5.41, 5.74) is 0.427. The molecule has 0 aliphatic carbocycles. The molecule has 2 heterocycles. The number of halogens is 3. The van der Waals surface area contributed by atoms with Crippen LogP contribution in [-0.2, 0) is 4.79 Å². The number of fused-ring (bicyclic) bond motifs is 1. The van der Waals surface area contributed by atoms with Crippen molar-refractivity contribution in [2.45, 2.75) is 12.2 Å². The van der Waals surface area contributed by atoms with Gasteiger partial charge in [-0.3, -0.25) is 9.59 Å². The highest BCUT2D eigenvalue weighted by atomic mass is 32.1. The molecule has 0 radical (unpaired) electrons. The summed E-state index contributed by atoms with van der Waals surface area (Å²) < 4.78 is 36.3. The molecule has 1 atom stereocenters. The van der Waals surface area contributed by atoms with Crippen LogP contribution in [0.2, 0.25) is 0 Å². The van der Waals surface area contributed by atoms with Gasteiger partial charge in [0.05, 0.1) is 10.9 Å². The zero-order valence-corrected chi connectivity index (χ0v) is 9.11. The number of hydrogen-bond donors (Lipinski definition) is 2. The van der Waals surface area contributed by atoms with E-state index in [9.17, 15) is 22.8 Å². The molecule has 4 nitrogen and oxygen atoms in total. The van der Waals surface area contributed by atoms with Crippen LogP contribution >= 0.6 is 11.3 Å². The molecule has 2 rings (SSSR count). The van der Waals surface area contributed by atoms with Crippen molar-refractivity contribution in [3.05, 3.63) is 21.9 Å². The molecule has 0 unspecified atom stereocenters. The Morgan fingerprint density at radius 3 is 2.88 bits per heavy atom. The number of nitrogens with one attached hydrogen (secondary N) is 2. The van der Waals surface area contributed by atoms with Gasteiger partial charge in [0.25, 0.3) is 5.91 Å². The minimum atomic E-state index is -4.92. The highest BCUT2D eigenvalue weighted by Crippen LogP contribution is 2.27. The Hall–Kier alpha value is -1.57. The monoisotopic (exact) mass is 264 g/mol. The molecule has 0 aromatic carbocycles. The minimum Gasteiger partial charge on any atom is -0.349 e. The van der Waals surface area contributed by atoms with E-state index in [0.29, 0.717) is 10.4 Å². The first kappa shape index (κ1) is 11.9. The second-order valence-electron chi connectivity index (χ2n) is 3.44. The first-order chi connectivity index (χ1) is 7.89. The highest BCUT2D eigenvalue weighted by Gasteiger charge is 2.41. The lowest BCUT2D eigenvalue weighted by Gasteiger charge is -2.24. The maximum absolute atomic E-state index is 12.1. The van der Waals surface area contributed by atoms with Gasteiger partial charge in [0.15, 0.2) is 0 Å². The summed E-state index contributed by atoms with van der Waals surface area (Å²) in [5.74, 6) is -2.33. The van der Waals surface area contributed by atoms with Crippen LogP contribution in [0, 0.1) is 0 Å². The number of amides is 2. The van der Waals surface area contributed by atoms with Crippen molar-refractivity contribution >= 4 is 23.2 Å². The number of carbonyl (C=O) groups excluding carboxylic acids is 2. The fourth-order valence-electron chi connectivity index (χ4n) is 1.53. The molecule has 0 spiro atoms. The van der Waals surface area contributed by atoms with Crippen LogP contribution in [0.1, 0.15) is 21.3 Å². The molecule has 0 bridgehead atoms. The average Bonchev–Trinajstić information content (AvgIpc) is 2.70. The molecule has 2 N–H and O–H groups in total. The van der Waals surface area contributed by atoms with E-state index in [-0.39, 0.29) is 12.5 Å². The van der Waals surface area contributed by atoms with Gasteiger partial charge in [-0.1, -0.05) is 0 Å². The second kappa shape index (κ2) is 4.02. The van der Waals surface area contributed by atoms with Crippen molar-refractivity contribution < 1.29 is 22.8 Å². The predicted octanol–water partition coefficient (Wildman–Crippen LogP) is 1.21. The molecule has 17 heavy (non-hydrogen) atoms. The van der Waals surface area contributed by atoms with Crippen LogP contribution in [0.5, 0.6) is 0 Å². The number of rotatable bonds is 1. The van der Waals surface area contributed by atoms with Crippen molar-refractivity contribution in [3.8, 4) is 0 Å². The summed E-state index contributed by atoms with van der Waals surface area (Å²) in [6, 6.07) is 0.711. The first-order valence-electron chi connectivity index (χ1n) is 4.63. The molecule has 1 aromatic heterocycles. The van der Waals surface area contributed by atoms with Crippen LogP contribution in [-0.4, -0.2) is 24.5 Å². The second-order valence-corrected chi connectivity index (χ2v) is 4.36. The Kier molecular flexibility index (Phi) is 2.82. The van der Waals surface area contributed by atoms with Crippen LogP contribution in [0.15, 0.2) is 11.4 Å². The summed E-state index contributed by atoms with van der Waals surface area (Å²) in [6.07, 6.45) is -4.92. The third-order valence-corrected chi connectivity index (χ3v) is 3.24. The summed E-state index contributed by atoms with van der Waals surface area (Å²) in [5, 5.41) is 5.87. The van der Waals surface area contributed by atoms with Gasteiger partial charge < -0.3 is 10.6 Å². The normalized spacial score (nSPS) is 19.5. The van der Waals surface area contributed by atoms with Crippen molar-refractivity contribution in [3.63, 3.8) is 0 Å². The Morgan fingerprint density at radius 1 is 1.53 bits per heavy atom. The standard InChI is InChI=1S/C9H7F3N2O2S/c10-9(11,12)8(16)14-5-3-13-7(15)6-4(5)1-2-17-6/h1-2,5H,3H2,(H,13,15)(H,14,16)/t5-/m0/s1. The molecule has 0 saturated carbocycles. The maximum atomic E-state index is 12.1. The van der Waals surface area contributed by atoms with Gasteiger partial charge in [0.1, 0.15) is 0 Å². The van der Waals surface area contributed by atoms with E-state index in [1.165, 1.54) is 0 Å². The van der Waals surface area contributed by atoms with Crippen molar-refractivity contribution in [2.75, 3.05) is 6.54 Å². The Labute approximate surface area is 97.8 Å². The molecule has 2 amide bonds. The molecule has 1 aliphatic heterocycles.